The third-order valence-corrected chi connectivity index (χ3v) is 6.64. The fraction of sp³-hybridized carbons (Fsp3) is 0.154. The number of amides is 1. The molecule has 0 aliphatic rings. The van der Waals surface area contributed by atoms with Gasteiger partial charge in [0.25, 0.3) is 10.0 Å². The molecular formula is C13H13BrN2O3S2. The molecule has 1 aromatic carbocycles. The molecule has 0 saturated carbocycles. The molecule has 0 aliphatic heterocycles. The second-order valence-electron chi connectivity index (χ2n) is 4.26. The van der Waals surface area contributed by atoms with Crippen molar-refractivity contribution in [2.75, 3.05) is 5.32 Å². The molecule has 0 atom stereocenters. The number of rotatable bonds is 5. The lowest BCUT2D eigenvalue weighted by atomic mass is 10.2. The predicted molar refractivity (Wildman–Crippen MR) is 86.8 cm³/mol. The van der Waals surface area contributed by atoms with Crippen molar-refractivity contribution in [3.63, 3.8) is 0 Å². The fourth-order valence-electron chi connectivity index (χ4n) is 1.62. The molecule has 0 unspecified atom stereocenters. The van der Waals surface area contributed by atoms with Gasteiger partial charge in [0.2, 0.25) is 5.91 Å². The Labute approximate surface area is 135 Å². The van der Waals surface area contributed by atoms with Gasteiger partial charge in [-0.3, -0.25) is 4.79 Å². The summed E-state index contributed by atoms with van der Waals surface area (Å²) < 4.78 is 27.6. The first-order chi connectivity index (χ1) is 9.88. The molecule has 2 rings (SSSR count). The van der Waals surface area contributed by atoms with Gasteiger partial charge >= 0.3 is 0 Å². The highest BCUT2D eigenvalue weighted by Gasteiger charge is 2.18. The molecule has 0 aliphatic carbocycles. The van der Waals surface area contributed by atoms with Crippen molar-refractivity contribution < 1.29 is 13.2 Å². The number of benzene rings is 1. The van der Waals surface area contributed by atoms with E-state index < -0.39 is 10.0 Å². The SMILES string of the molecule is CC(=O)Nc1ccc(CNS(=O)(=O)c2sccc2Br)cc1. The van der Waals surface area contributed by atoms with E-state index in [1.54, 1.807) is 35.7 Å². The fourth-order valence-corrected chi connectivity index (χ4v) is 5.02. The molecule has 0 spiro atoms. The summed E-state index contributed by atoms with van der Waals surface area (Å²) in [6.45, 7) is 1.62. The maximum Gasteiger partial charge on any atom is 0.251 e. The smallest absolute Gasteiger partial charge is 0.251 e. The summed E-state index contributed by atoms with van der Waals surface area (Å²) in [5, 5.41) is 4.36. The van der Waals surface area contributed by atoms with Gasteiger partial charge in [-0.15, -0.1) is 11.3 Å². The van der Waals surface area contributed by atoms with Crippen molar-refractivity contribution >= 4 is 48.9 Å². The molecule has 0 bridgehead atoms. The number of hydrogen-bond acceptors (Lipinski definition) is 4. The van der Waals surface area contributed by atoms with Crippen molar-refractivity contribution in [2.24, 2.45) is 0 Å². The van der Waals surface area contributed by atoms with Crippen molar-refractivity contribution in [1.29, 1.82) is 0 Å². The molecule has 0 radical (unpaired) electrons. The van der Waals surface area contributed by atoms with Crippen LogP contribution < -0.4 is 10.0 Å². The second-order valence-corrected chi connectivity index (χ2v) is 7.99. The van der Waals surface area contributed by atoms with Crippen molar-refractivity contribution in [3.05, 3.63) is 45.7 Å². The summed E-state index contributed by atoms with van der Waals surface area (Å²) >= 11 is 4.37. The maximum atomic E-state index is 12.1. The lowest BCUT2D eigenvalue weighted by Crippen LogP contribution is -2.22. The second kappa shape index (κ2) is 6.69. The van der Waals surface area contributed by atoms with Crippen LogP contribution in [-0.4, -0.2) is 14.3 Å². The summed E-state index contributed by atoms with van der Waals surface area (Å²) in [6.07, 6.45) is 0. The van der Waals surface area contributed by atoms with E-state index >= 15 is 0 Å². The van der Waals surface area contributed by atoms with Crippen molar-refractivity contribution in [2.45, 2.75) is 17.7 Å². The average molecular weight is 389 g/mol. The maximum absolute atomic E-state index is 12.1. The molecule has 1 amide bonds. The highest BCUT2D eigenvalue weighted by atomic mass is 79.9. The van der Waals surface area contributed by atoms with Crippen LogP contribution in [0.2, 0.25) is 0 Å². The number of thiophene rings is 1. The molecule has 112 valence electrons. The third-order valence-electron chi connectivity index (χ3n) is 2.57. The van der Waals surface area contributed by atoms with Crippen LogP contribution in [0.3, 0.4) is 0 Å². The van der Waals surface area contributed by atoms with Crippen LogP contribution in [-0.2, 0) is 21.4 Å². The summed E-state index contributed by atoms with van der Waals surface area (Å²) in [4.78, 5) is 10.9. The van der Waals surface area contributed by atoms with Gasteiger partial charge in [-0.1, -0.05) is 12.1 Å². The Morgan fingerprint density at radius 3 is 2.43 bits per heavy atom. The van der Waals surface area contributed by atoms with E-state index in [0.717, 1.165) is 16.9 Å². The number of sulfonamides is 1. The predicted octanol–water partition coefficient (Wildman–Crippen LogP) is 2.95. The molecule has 1 heterocycles. The van der Waals surface area contributed by atoms with Gasteiger partial charge in [-0.2, -0.15) is 0 Å². The number of carbonyl (C=O) groups excluding carboxylic acids is 1. The first kappa shape index (κ1) is 16.2. The lowest BCUT2D eigenvalue weighted by molar-refractivity contribution is -0.114. The van der Waals surface area contributed by atoms with Gasteiger partial charge in [-0.05, 0) is 45.1 Å². The standard InChI is InChI=1S/C13H13BrN2O3S2/c1-9(17)16-11-4-2-10(3-5-11)8-15-21(18,19)13-12(14)6-7-20-13/h2-7,15H,8H2,1H3,(H,16,17). The summed E-state index contributed by atoms with van der Waals surface area (Å²) in [5.74, 6) is -0.147. The molecule has 5 nitrogen and oxygen atoms in total. The number of nitrogens with one attached hydrogen (secondary N) is 2. The average Bonchev–Trinajstić information content (AvgIpc) is 2.84. The quantitative estimate of drug-likeness (QED) is 0.826. The van der Waals surface area contributed by atoms with Crippen LogP contribution in [0.25, 0.3) is 0 Å². The van der Waals surface area contributed by atoms with Crippen LogP contribution in [0.4, 0.5) is 5.69 Å². The minimum Gasteiger partial charge on any atom is -0.326 e. The van der Waals surface area contributed by atoms with E-state index in [2.05, 4.69) is 26.0 Å². The zero-order valence-electron chi connectivity index (χ0n) is 11.1. The molecule has 8 heteroatoms. The van der Waals surface area contributed by atoms with E-state index in [1.807, 2.05) is 0 Å². The number of anilines is 1. The van der Waals surface area contributed by atoms with Gasteiger partial charge in [-0.25, -0.2) is 13.1 Å². The molecule has 21 heavy (non-hydrogen) atoms. The highest BCUT2D eigenvalue weighted by molar-refractivity contribution is 9.10. The number of carbonyl (C=O) groups is 1. The minimum absolute atomic E-state index is 0.147. The van der Waals surface area contributed by atoms with Gasteiger partial charge in [0.1, 0.15) is 4.21 Å². The van der Waals surface area contributed by atoms with E-state index in [-0.39, 0.29) is 16.7 Å². The molecule has 0 saturated heterocycles. The van der Waals surface area contributed by atoms with Crippen molar-refractivity contribution in [1.82, 2.24) is 4.72 Å². The molecule has 2 aromatic rings. The Balaban J connectivity index is 2.03. The highest BCUT2D eigenvalue weighted by Crippen LogP contribution is 2.27. The molecule has 0 fully saturated rings. The summed E-state index contributed by atoms with van der Waals surface area (Å²) in [7, 11) is -3.52. The van der Waals surface area contributed by atoms with Gasteiger partial charge in [0, 0.05) is 23.6 Å². The van der Waals surface area contributed by atoms with Crippen LogP contribution in [0.15, 0.2) is 44.4 Å². The topological polar surface area (TPSA) is 75.3 Å². The van der Waals surface area contributed by atoms with Gasteiger partial charge in [0.05, 0.1) is 0 Å². The number of halogens is 1. The van der Waals surface area contributed by atoms with Gasteiger partial charge in [0.15, 0.2) is 0 Å². The monoisotopic (exact) mass is 388 g/mol. The lowest BCUT2D eigenvalue weighted by Gasteiger charge is -2.07. The minimum atomic E-state index is -3.52. The molecule has 2 N–H and O–H groups in total. The van der Waals surface area contributed by atoms with E-state index in [0.29, 0.717) is 10.2 Å². The van der Waals surface area contributed by atoms with E-state index in [9.17, 15) is 13.2 Å². The third kappa shape index (κ3) is 4.37. The van der Waals surface area contributed by atoms with Gasteiger partial charge < -0.3 is 5.32 Å². The van der Waals surface area contributed by atoms with Crippen LogP contribution in [0.5, 0.6) is 0 Å². The Morgan fingerprint density at radius 2 is 1.90 bits per heavy atom. The van der Waals surface area contributed by atoms with E-state index in [1.165, 1.54) is 6.92 Å². The van der Waals surface area contributed by atoms with Crippen LogP contribution >= 0.6 is 27.3 Å². The Hall–Kier alpha value is -1.22. The summed E-state index contributed by atoms with van der Waals surface area (Å²) in [6, 6.07) is 8.67. The first-order valence-electron chi connectivity index (χ1n) is 5.97. The number of hydrogen-bond donors (Lipinski definition) is 2. The van der Waals surface area contributed by atoms with Crippen molar-refractivity contribution in [3.8, 4) is 0 Å². The molecule has 1 aromatic heterocycles. The Kier molecular flexibility index (Phi) is 5.15. The zero-order chi connectivity index (χ0) is 15.5. The zero-order valence-corrected chi connectivity index (χ0v) is 14.3. The Morgan fingerprint density at radius 1 is 1.24 bits per heavy atom. The Bertz CT molecular complexity index is 739. The first-order valence-corrected chi connectivity index (χ1v) is 9.13. The van der Waals surface area contributed by atoms with E-state index in [4.69, 9.17) is 0 Å². The largest absolute Gasteiger partial charge is 0.326 e. The van der Waals surface area contributed by atoms with Crippen LogP contribution in [0.1, 0.15) is 12.5 Å². The normalized spacial score (nSPS) is 11.3. The summed E-state index contributed by atoms with van der Waals surface area (Å²) in [5.41, 5.74) is 1.48. The molecular weight excluding hydrogens is 376 g/mol. The van der Waals surface area contributed by atoms with Crippen LogP contribution in [0, 0.1) is 0 Å².